The Labute approximate surface area is 584 Å². The summed E-state index contributed by atoms with van der Waals surface area (Å²) in [6.07, 6.45) is -1.68. The summed E-state index contributed by atoms with van der Waals surface area (Å²) in [5, 5.41) is 20.6. The number of phosphoric acid groups is 2. The number of aromatic amines is 2. The number of nitrogens with zero attached hydrogens (tertiary/aromatic N) is 2. The van der Waals surface area contributed by atoms with Gasteiger partial charge >= 0.3 is 27.0 Å². The second-order valence-electron chi connectivity index (χ2n) is 30.5. The first-order valence-electron chi connectivity index (χ1n) is 34.4. The predicted molar refractivity (Wildman–Crippen MR) is 379 cm³/mol. The molecular weight excluding hydrogens is 1330 g/mol. The maximum atomic E-state index is 13.9. The number of rotatable bonds is 24. The minimum atomic E-state index is -4.91. The highest BCUT2D eigenvalue weighted by Crippen LogP contribution is 2.51. The van der Waals surface area contributed by atoms with Crippen LogP contribution in [0.2, 0.25) is 0 Å². The zero-order valence-electron chi connectivity index (χ0n) is 60.7. The van der Waals surface area contributed by atoms with Crippen molar-refractivity contribution in [3.8, 4) is 23.0 Å². The fourth-order valence-corrected chi connectivity index (χ4v) is 14.5. The van der Waals surface area contributed by atoms with Gasteiger partial charge in [-0.2, -0.15) is 0 Å². The zero-order chi connectivity index (χ0) is 73.2. The van der Waals surface area contributed by atoms with Crippen molar-refractivity contribution in [1.29, 1.82) is 0 Å². The quantitative estimate of drug-likeness (QED) is 0.0242. The lowest BCUT2D eigenvalue weighted by Crippen LogP contribution is -2.33. The molecule has 4 aromatic carbocycles. The summed E-state index contributed by atoms with van der Waals surface area (Å²) in [4.78, 5) is 77.2. The Hall–Kier alpha value is -6.50. The average Bonchev–Trinajstić information content (AvgIpc) is 1.03. The van der Waals surface area contributed by atoms with E-state index in [0.29, 0.717) is 74.7 Å². The fraction of sp³-hybridized carbons (Fsp3) is 0.568. The third-order valence-corrected chi connectivity index (χ3v) is 20.3. The molecular formula is C74H102N4O20P2. The number of nitrogens with one attached hydrogen (secondary N) is 2. The van der Waals surface area contributed by atoms with Crippen LogP contribution in [0.15, 0.2) is 80.1 Å². The Morgan fingerprint density at radius 1 is 0.450 bits per heavy atom. The van der Waals surface area contributed by atoms with E-state index >= 15 is 0 Å². The number of H-pyrrole nitrogens is 2. The minimum Gasteiger partial charge on any atom is -0.493 e. The van der Waals surface area contributed by atoms with Gasteiger partial charge in [0.2, 0.25) is 0 Å². The molecule has 2 saturated heterocycles. The van der Waals surface area contributed by atoms with Gasteiger partial charge in [-0.05, 0) is 115 Å². The van der Waals surface area contributed by atoms with Crippen LogP contribution in [0.3, 0.4) is 0 Å². The molecule has 6 N–H and O–H groups in total. The number of aryl methyl sites for hydroxylation is 2. The fourth-order valence-electron chi connectivity index (χ4n) is 12.7. The van der Waals surface area contributed by atoms with Gasteiger partial charge in [0.05, 0.1) is 39.6 Å². The van der Waals surface area contributed by atoms with Crippen LogP contribution in [-0.4, -0.2) is 116 Å². The SMILES string of the molecule is CCCOc1c2cc(C(C)(C)C)cc1Cc1cc(C(C)(C)C)cc(c1OCCOP(=O)(O)O[C@H]1C[C@H](n3cc(C)c(=O)[nH]c3=O)O[C@@H]1CO)Cc1cc(C(C)(C)C)cc(c1OCCC)Cc1cc(C(C)(C)C)cc(c1OCCOP(=O)(O)O[C@H]1C[C@H](n3cc(C)c(=O)[nH]c3=O)O[C@@H]1CO)C2. The molecule has 0 saturated carbocycles. The van der Waals surface area contributed by atoms with Gasteiger partial charge in [-0.3, -0.25) is 46.8 Å². The molecule has 2 fully saturated rings. The molecule has 548 valence electrons. The van der Waals surface area contributed by atoms with E-state index in [1.165, 1.54) is 26.2 Å². The number of aliphatic hydroxyl groups excluding tert-OH is 2. The predicted octanol–water partition coefficient (Wildman–Crippen LogP) is 11.2. The molecule has 1 aliphatic carbocycles. The summed E-state index contributed by atoms with van der Waals surface area (Å²) in [5.41, 5.74) is 7.15. The molecule has 2 unspecified atom stereocenters. The van der Waals surface area contributed by atoms with Crippen molar-refractivity contribution < 1.29 is 75.6 Å². The van der Waals surface area contributed by atoms with Crippen LogP contribution in [0.5, 0.6) is 23.0 Å². The number of hydrogen-bond donors (Lipinski definition) is 6. The molecule has 9 rings (SSSR count). The van der Waals surface area contributed by atoms with Crippen LogP contribution >= 0.6 is 15.6 Å². The van der Waals surface area contributed by atoms with Gasteiger partial charge in [0, 0.05) is 62.0 Å². The lowest BCUT2D eigenvalue weighted by Gasteiger charge is -2.29. The molecule has 3 aliphatic rings. The molecule has 8 bridgehead atoms. The molecule has 26 heteroatoms. The van der Waals surface area contributed by atoms with Crippen molar-refractivity contribution in [1.82, 2.24) is 19.1 Å². The number of fused-ring (bicyclic) bond motifs is 8. The summed E-state index contributed by atoms with van der Waals surface area (Å²) in [7, 11) is -9.82. The third kappa shape index (κ3) is 18.8. The molecule has 24 nitrogen and oxygen atoms in total. The van der Waals surface area contributed by atoms with Crippen molar-refractivity contribution in [2.45, 2.75) is 221 Å². The molecule has 0 radical (unpaired) electrons. The van der Waals surface area contributed by atoms with Gasteiger partial charge in [-0.1, -0.05) is 145 Å². The number of phosphoric ester groups is 2. The molecule has 2 aliphatic heterocycles. The topological polar surface area (TPSA) is 317 Å². The molecule has 4 heterocycles. The molecule has 100 heavy (non-hydrogen) atoms. The van der Waals surface area contributed by atoms with Gasteiger partial charge < -0.3 is 48.4 Å². The molecule has 6 aromatic rings. The summed E-state index contributed by atoms with van der Waals surface area (Å²) in [5.74, 6) is 2.40. The van der Waals surface area contributed by atoms with Gasteiger partial charge in [0.25, 0.3) is 11.1 Å². The van der Waals surface area contributed by atoms with E-state index in [1.54, 1.807) is 0 Å². The summed E-state index contributed by atoms with van der Waals surface area (Å²) in [6, 6.07) is 17.4. The highest BCUT2D eigenvalue weighted by atomic mass is 31.2. The molecule has 2 aromatic heterocycles. The molecule has 0 spiro atoms. The Morgan fingerprint density at radius 3 is 0.950 bits per heavy atom. The van der Waals surface area contributed by atoms with Crippen molar-refractivity contribution in [3.05, 3.63) is 180 Å². The molecule has 8 atom stereocenters. The normalized spacial score (nSPS) is 20.2. The first kappa shape index (κ1) is 77.7. The first-order chi connectivity index (χ1) is 46.8. The summed E-state index contributed by atoms with van der Waals surface area (Å²) >= 11 is 0. The van der Waals surface area contributed by atoms with E-state index in [-0.39, 0.29) is 58.8 Å². The van der Waals surface area contributed by atoms with Crippen LogP contribution in [-0.2, 0) is 84.0 Å². The van der Waals surface area contributed by atoms with Gasteiger partial charge in [0.15, 0.2) is 0 Å². The molecule has 0 amide bonds. The number of aliphatic hydroxyl groups is 2. The summed E-state index contributed by atoms with van der Waals surface area (Å²) < 4.78 is 92.7. The van der Waals surface area contributed by atoms with Crippen LogP contribution < -0.4 is 41.4 Å². The maximum Gasteiger partial charge on any atom is 0.472 e. The van der Waals surface area contributed by atoms with E-state index < -0.39 is 101 Å². The second-order valence-corrected chi connectivity index (χ2v) is 33.4. The van der Waals surface area contributed by atoms with Gasteiger partial charge in [0.1, 0.15) is 73.1 Å². The van der Waals surface area contributed by atoms with Gasteiger partial charge in [-0.25, -0.2) is 18.7 Å². The highest BCUT2D eigenvalue weighted by molar-refractivity contribution is 7.47. The first-order valence-corrected chi connectivity index (χ1v) is 37.4. The third-order valence-electron chi connectivity index (χ3n) is 18.2. The van der Waals surface area contributed by atoms with E-state index in [0.717, 1.165) is 75.9 Å². The van der Waals surface area contributed by atoms with Crippen LogP contribution in [0, 0.1) is 13.8 Å². The Morgan fingerprint density at radius 2 is 0.710 bits per heavy atom. The van der Waals surface area contributed by atoms with Crippen LogP contribution in [0.25, 0.3) is 0 Å². The van der Waals surface area contributed by atoms with E-state index in [9.17, 15) is 48.3 Å². The number of aromatic nitrogens is 4. The highest BCUT2D eigenvalue weighted by Gasteiger charge is 2.44. The van der Waals surface area contributed by atoms with Crippen LogP contribution in [0.4, 0.5) is 0 Å². The Balaban J connectivity index is 1.14. The Bertz CT molecular complexity index is 3910. The van der Waals surface area contributed by atoms with Crippen molar-refractivity contribution in [2.24, 2.45) is 0 Å². The van der Waals surface area contributed by atoms with Gasteiger partial charge in [-0.15, -0.1) is 0 Å². The van der Waals surface area contributed by atoms with Crippen LogP contribution in [0.1, 0.15) is 213 Å². The monoisotopic (exact) mass is 1430 g/mol. The lowest BCUT2D eigenvalue weighted by atomic mass is 9.79. The zero-order valence-corrected chi connectivity index (χ0v) is 62.4. The minimum absolute atomic E-state index is 0.123. The smallest absolute Gasteiger partial charge is 0.472 e. The average molecular weight is 1430 g/mol. The summed E-state index contributed by atoms with van der Waals surface area (Å²) in [6.45, 7) is 31.4. The maximum absolute atomic E-state index is 13.9. The number of hydrogen-bond acceptors (Lipinski definition) is 18. The largest absolute Gasteiger partial charge is 0.493 e. The van der Waals surface area contributed by atoms with E-state index in [2.05, 4.69) is 155 Å². The number of benzene rings is 4. The standard InChI is InChI=1S/C74H102N4O20P2/c1-17-19-89-63-45-25-49-33-55(73(11,12)13)35-51(65(49)91-21-23-93-99(85,86)97-57-37-61(95-59(57)41-79)77-39-43(3)67(81)75-69(77)83)27-47-31-54(72(8,9)10)32-48(64(47)90-20-18-2)28-52-36-56(74(14,15)16)34-50(26-46(63)30-53(29-45)71(5,6)7)66(52)92-22-24-94-100(87,88)98-58-38-62(96-60(58)42-80)78-40-44(4)68(82)76-70(78)84/h29-36,39-40,57-62,79-80H,17-28,37-38,41-42H2,1-16H3,(H,85,86)(H,87,88)(H,75,81,83)(H,76,82,84)/t57-,58-,59+,60+,61+,62+/m0/s1. The van der Waals surface area contributed by atoms with Crippen molar-refractivity contribution in [2.75, 3.05) is 52.9 Å². The second kappa shape index (κ2) is 31.2. The lowest BCUT2D eigenvalue weighted by molar-refractivity contribution is -0.0466. The Kier molecular flexibility index (Phi) is 24.2. The van der Waals surface area contributed by atoms with Crippen molar-refractivity contribution in [3.63, 3.8) is 0 Å². The van der Waals surface area contributed by atoms with Crippen molar-refractivity contribution >= 4 is 15.6 Å². The number of ether oxygens (including phenoxy) is 6. The van der Waals surface area contributed by atoms with E-state index in [4.69, 9.17) is 46.5 Å². The van der Waals surface area contributed by atoms with E-state index in [1.807, 2.05) is 0 Å².